The fourth-order valence-corrected chi connectivity index (χ4v) is 2.45. The highest BCUT2D eigenvalue weighted by Crippen LogP contribution is 2.30. The zero-order valence-corrected chi connectivity index (χ0v) is 12.8. The number of hydrogen-bond donors (Lipinski definition) is 0. The van der Waals surface area contributed by atoms with Crippen molar-refractivity contribution in [3.63, 3.8) is 0 Å². The summed E-state index contributed by atoms with van der Waals surface area (Å²) >= 11 is 9.09. The molecule has 0 atom stereocenters. The van der Waals surface area contributed by atoms with Crippen LogP contribution in [0.3, 0.4) is 0 Å². The smallest absolute Gasteiger partial charge is 0.306 e. The Morgan fingerprint density at radius 3 is 2.45 bits per heavy atom. The van der Waals surface area contributed by atoms with Crippen LogP contribution in [0, 0.1) is 0 Å². The zero-order valence-electron chi connectivity index (χ0n) is 10.5. The lowest BCUT2D eigenvalue weighted by Gasteiger charge is -2.18. The quantitative estimate of drug-likeness (QED) is 0.652. The molecule has 0 spiro atoms. The van der Waals surface area contributed by atoms with Crippen molar-refractivity contribution in [2.24, 2.45) is 0 Å². The summed E-state index contributed by atoms with van der Waals surface area (Å²) < 4.78 is 33.9. The van der Waals surface area contributed by atoms with Gasteiger partial charge in [-0.1, -0.05) is 46.3 Å². The van der Waals surface area contributed by atoms with Gasteiger partial charge in [-0.2, -0.15) is 8.78 Å². The van der Waals surface area contributed by atoms with Crippen molar-refractivity contribution < 1.29 is 13.5 Å². The van der Waals surface area contributed by atoms with Crippen molar-refractivity contribution in [1.29, 1.82) is 0 Å². The predicted molar refractivity (Wildman–Crippen MR) is 79.5 cm³/mol. The van der Waals surface area contributed by atoms with Gasteiger partial charge in [0.1, 0.15) is 5.75 Å². The van der Waals surface area contributed by atoms with E-state index in [1.807, 2.05) is 0 Å². The van der Waals surface area contributed by atoms with Gasteiger partial charge in [-0.15, -0.1) is 11.6 Å². The van der Waals surface area contributed by atoms with Crippen LogP contribution < -0.4 is 4.74 Å². The maximum absolute atomic E-state index is 13.9. The number of rotatable bonds is 5. The molecule has 0 aliphatic rings. The van der Waals surface area contributed by atoms with Gasteiger partial charge in [0.05, 0.1) is 0 Å². The van der Waals surface area contributed by atoms with Crippen LogP contribution in [0.1, 0.15) is 11.1 Å². The van der Waals surface area contributed by atoms with Gasteiger partial charge in [0.25, 0.3) is 0 Å². The molecule has 0 saturated heterocycles. The Morgan fingerprint density at radius 2 is 1.80 bits per heavy atom. The van der Waals surface area contributed by atoms with Gasteiger partial charge in [-0.05, 0) is 23.8 Å². The van der Waals surface area contributed by atoms with Gasteiger partial charge in [0, 0.05) is 15.9 Å². The molecule has 0 saturated carbocycles. The molecule has 0 bridgehead atoms. The third-order valence-electron chi connectivity index (χ3n) is 2.78. The van der Waals surface area contributed by atoms with Gasteiger partial charge in [0.15, 0.2) is 6.61 Å². The number of ether oxygens (including phenoxy) is 1. The van der Waals surface area contributed by atoms with Gasteiger partial charge >= 0.3 is 5.92 Å². The minimum Gasteiger partial charge on any atom is -0.487 e. The standard InChI is InChI=1S/C15H12BrClF2O/c16-14-7-6-13(8-11(14)9-17)20-10-15(18,19)12-4-2-1-3-5-12/h1-8H,9-10H2. The normalized spacial score (nSPS) is 11.4. The highest BCUT2D eigenvalue weighted by atomic mass is 79.9. The van der Waals surface area contributed by atoms with E-state index in [0.29, 0.717) is 5.75 Å². The maximum Gasteiger partial charge on any atom is 0.306 e. The summed E-state index contributed by atoms with van der Waals surface area (Å²) in [6.45, 7) is -0.708. The molecule has 0 N–H and O–H groups in total. The Kier molecular flexibility index (Phi) is 5.00. The lowest BCUT2D eigenvalue weighted by atomic mass is 10.1. The fourth-order valence-electron chi connectivity index (χ4n) is 1.68. The third kappa shape index (κ3) is 3.70. The maximum atomic E-state index is 13.9. The molecule has 106 valence electrons. The van der Waals surface area contributed by atoms with Crippen LogP contribution >= 0.6 is 27.5 Å². The first-order valence-electron chi connectivity index (χ1n) is 5.93. The van der Waals surface area contributed by atoms with E-state index in [1.54, 1.807) is 36.4 Å². The van der Waals surface area contributed by atoms with Crippen molar-refractivity contribution in [2.45, 2.75) is 11.8 Å². The number of halogens is 4. The second kappa shape index (κ2) is 6.55. The van der Waals surface area contributed by atoms with Crippen molar-refractivity contribution >= 4 is 27.5 Å². The summed E-state index contributed by atoms with van der Waals surface area (Å²) in [5, 5.41) is 0. The van der Waals surface area contributed by atoms with Gasteiger partial charge in [-0.3, -0.25) is 0 Å². The van der Waals surface area contributed by atoms with E-state index in [0.717, 1.165) is 10.0 Å². The summed E-state index contributed by atoms with van der Waals surface area (Å²) in [7, 11) is 0. The van der Waals surface area contributed by atoms with Crippen molar-refractivity contribution in [3.05, 3.63) is 64.1 Å². The lowest BCUT2D eigenvalue weighted by molar-refractivity contribution is -0.0467. The minimum atomic E-state index is -3.03. The lowest BCUT2D eigenvalue weighted by Crippen LogP contribution is -2.23. The van der Waals surface area contributed by atoms with E-state index in [2.05, 4.69) is 15.9 Å². The van der Waals surface area contributed by atoms with Crippen LogP contribution in [0.4, 0.5) is 8.78 Å². The fraction of sp³-hybridized carbons (Fsp3) is 0.200. The molecular weight excluding hydrogens is 350 g/mol. The van der Waals surface area contributed by atoms with Crippen molar-refractivity contribution in [1.82, 2.24) is 0 Å². The Bertz CT molecular complexity index is 575. The Labute approximate surface area is 129 Å². The molecule has 0 heterocycles. The highest BCUT2D eigenvalue weighted by Gasteiger charge is 2.32. The van der Waals surface area contributed by atoms with Crippen LogP contribution in [-0.2, 0) is 11.8 Å². The molecule has 0 radical (unpaired) electrons. The van der Waals surface area contributed by atoms with Crippen LogP contribution in [0.25, 0.3) is 0 Å². The van der Waals surface area contributed by atoms with Crippen molar-refractivity contribution in [2.75, 3.05) is 6.61 Å². The largest absolute Gasteiger partial charge is 0.487 e. The molecule has 20 heavy (non-hydrogen) atoms. The van der Waals surface area contributed by atoms with Crippen LogP contribution in [-0.4, -0.2) is 6.61 Å². The molecule has 0 aromatic heterocycles. The Balaban J connectivity index is 2.08. The SMILES string of the molecule is FC(F)(COc1ccc(Br)c(CCl)c1)c1ccccc1. The summed E-state index contributed by atoms with van der Waals surface area (Å²) in [6.07, 6.45) is 0. The van der Waals surface area contributed by atoms with E-state index < -0.39 is 12.5 Å². The Hall–Kier alpha value is -1.13. The first kappa shape index (κ1) is 15.3. The third-order valence-corrected chi connectivity index (χ3v) is 3.84. The molecule has 0 aliphatic carbocycles. The molecule has 5 heteroatoms. The molecule has 2 aromatic rings. The van der Waals surface area contributed by atoms with Crippen LogP contribution in [0.15, 0.2) is 53.0 Å². The summed E-state index contributed by atoms with van der Waals surface area (Å²) in [4.78, 5) is 0. The second-order valence-corrected chi connectivity index (χ2v) is 5.37. The number of benzene rings is 2. The van der Waals surface area contributed by atoms with E-state index in [4.69, 9.17) is 16.3 Å². The molecule has 1 nitrogen and oxygen atoms in total. The van der Waals surface area contributed by atoms with Crippen LogP contribution in [0.5, 0.6) is 5.75 Å². The molecule has 0 fully saturated rings. The summed E-state index contributed by atoms with van der Waals surface area (Å²) in [5.74, 6) is -2.37. The molecule has 0 aliphatic heterocycles. The molecular formula is C15H12BrClF2O. The molecule has 2 rings (SSSR count). The number of alkyl halides is 3. The average Bonchev–Trinajstić information content (AvgIpc) is 2.47. The topological polar surface area (TPSA) is 9.23 Å². The summed E-state index contributed by atoms with van der Waals surface area (Å²) in [5.41, 5.74) is 0.738. The predicted octanol–water partition coefficient (Wildman–Crippen LogP) is 5.36. The van der Waals surface area contributed by atoms with E-state index in [9.17, 15) is 8.78 Å². The highest BCUT2D eigenvalue weighted by molar-refractivity contribution is 9.10. The van der Waals surface area contributed by atoms with E-state index in [-0.39, 0.29) is 11.4 Å². The Morgan fingerprint density at radius 1 is 1.10 bits per heavy atom. The van der Waals surface area contributed by atoms with Gasteiger partial charge in [0.2, 0.25) is 0 Å². The molecule has 0 amide bonds. The second-order valence-electron chi connectivity index (χ2n) is 4.25. The molecule has 2 aromatic carbocycles. The van der Waals surface area contributed by atoms with Gasteiger partial charge in [-0.25, -0.2) is 0 Å². The summed E-state index contributed by atoms with van der Waals surface area (Å²) in [6, 6.07) is 12.6. The number of hydrogen-bond acceptors (Lipinski definition) is 1. The first-order valence-corrected chi connectivity index (χ1v) is 7.26. The monoisotopic (exact) mass is 360 g/mol. The van der Waals surface area contributed by atoms with Crippen molar-refractivity contribution in [3.8, 4) is 5.75 Å². The minimum absolute atomic E-state index is 0.0605. The zero-order chi connectivity index (χ0) is 14.6. The average molecular weight is 362 g/mol. The first-order chi connectivity index (χ1) is 9.53. The van der Waals surface area contributed by atoms with Crippen LogP contribution in [0.2, 0.25) is 0 Å². The molecule has 0 unspecified atom stereocenters. The van der Waals surface area contributed by atoms with Gasteiger partial charge < -0.3 is 4.74 Å². The van der Waals surface area contributed by atoms with E-state index in [1.165, 1.54) is 12.1 Å². The van der Waals surface area contributed by atoms with E-state index >= 15 is 0 Å².